The van der Waals surface area contributed by atoms with Crippen LogP contribution in [-0.4, -0.2) is 17.9 Å². The van der Waals surface area contributed by atoms with Crippen molar-refractivity contribution in [2.45, 2.75) is 19.4 Å². The maximum Gasteiger partial charge on any atom is 0.222 e. The molecule has 0 aliphatic heterocycles. The first-order valence-electron chi connectivity index (χ1n) is 6.67. The van der Waals surface area contributed by atoms with Crippen LogP contribution < -0.4 is 0 Å². The zero-order valence-corrected chi connectivity index (χ0v) is 12.3. The van der Waals surface area contributed by atoms with Gasteiger partial charge in [0.1, 0.15) is 0 Å². The van der Waals surface area contributed by atoms with E-state index < -0.39 is 0 Å². The summed E-state index contributed by atoms with van der Waals surface area (Å²) in [5.74, 6) is 0.147. The number of aryl methyl sites for hydroxylation is 1. The predicted molar refractivity (Wildman–Crippen MR) is 82.7 cm³/mol. The van der Waals surface area contributed by atoms with Crippen molar-refractivity contribution >= 4 is 17.5 Å². The van der Waals surface area contributed by atoms with Crippen molar-refractivity contribution in [2.24, 2.45) is 0 Å². The molecule has 20 heavy (non-hydrogen) atoms. The Hall–Kier alpha value is -1.80. The number of halogens is 1. The molecule has 0 atom stereocenters. The van der Waals surface area contributed by atoms with E-state index in [2.05, 4.69) is 0 Å². The predicted octanol–water partition coefficient (Wildman–Crippen LogP) is 3.93. The molecule has 2 aromatic carbocycles. The number of nitrogens with zero attached hydrogens (tertiary/aromatic N) is 1. The normalized spacial score (nSPS) is 10.3. The molecular formula is C17H18ClNO. The van der Waals surface area contributed by atoms with Crippen LogP contribution in [0.4, 0.5) is 0 Å². The van der Waals surface area contributed by atoms with Gasteiger partial charge in [-0.25, -0.2) is 0 Å². The van der Waals surface area contributed by atoms with Crippen LogP contribution in [0, 0.1) is 0 Å². The molecule has 0 radical (unpaired) electrons. The molecule has 104 valence electrons. The van der Waals surface area contributed by atoms with Crippen molar-refractivity contribution in [1.82, 2.24) is 4.90 Å². The highest BCUT2D eigenvalue weighted by Crippen LogP contribution is 2.13. The number of carbonyl (C=O) groups is 1. The van der Waals surface area contributed by atoms with Gasteiger partial charge in [0.2, 0.25) is 5.91 Å². The standard InChI is InChI=1S/C17H18ClNO/c1-19(13-15-6-3-2-4-7-15)17(20)11-10-14-8-5-9-16(18)12-14/h2-9,12H,10-11,13H2,1H3. The molecule has 0 spiro atoms. The van der Waals surface area contributed by atoms with Gasteiger partial charge in [0.15, 0.2) is 0 Å². The number of carbonyl (C=O) groups excluding carboxylic acids is 1. The Kier molecular flexibility index (Phi) is 5.19. The summed E-state index contributed by atoms with van der Waals surface area (Å²) in [4.78, 5) is 13.9. The minimum Gasteiger partial charge on any atom is -0.341 e. The molecule has 0 N–H and O–H groups in total. The van der Waals surface area contributed by atoms with Crippen molar-refractivity contribution in [3.63, 3.8) is 0 Å². The first-order valence-corrected chi connectivity index (χ1v) is 7.05. The van der Waals surface area contributed by atoms with Crippen LogP contribution in [0.3, 0.4) is 0 Å². The SMILES string of the molecule is CN(Cc1ccccc1)C(=O)CCc1cccc(Cl)c1. The van der Waals surface area contributed by atoms with Gasteiger partial charge in [-0.1, -0.05) is 54.1 Å². The molecule has 2 aromatic rings. The lowest BCUT2D eigenvalue weighted by atomic mass is 10.1. The number of rotatable bonds is 5. The number of benzene rings is 2. The highest BCUT2D eigenvalue weighted by atomic mass is 35.5. The second-order valence-electron chi connectivity index (χ2n) is 4.87. The number of amides is 1. The van der Waals surface area contributed by atoms with E-state index in [-0.39, 0.29) is 5.91 Å². The number of hydrogen-bond donors (Lipinski definition) is 0. The van der Waals surface area contributed by atoms with Crippen LogP contribution in [0.2, 0.25) is 5.02 Å². The Morgan fingerprint density at radius 3 is 2.45 bits per heavy atom. The van der Waals surface area contributed by atoms with E-state index in [0.29, 0.717) is 18.0 Å². The molecule has 0 bridgehead atoms. The third kappa shape index (κ3) is 4.39. The van der Waals surface area contributed by atoms with Gasteiger partial charge in [0.05, 0.1) is 0 Å². The van der Waals surface area contributed by atoms with Crippen molar-refractivity contribution in [3.05, 3.63) is 70.7 Å². The van der Waals surface area contributed by atoms with E-state index in [4.69, 9.17) is 11.6 Å². The van der Waals surface area contributed by atoms with Crippen LogP contribution in [0.5, 0.6) is 0 Å². The third-order valence-electron chi connectivity index (χ3n) is 3.20. The summed E-state index contributed by atoms with van der Waals surface area (Å²) >= 11 is 5.93. The van der Waals surface area contributed by atoms with Gasteiger partial charge in [-0.2, -0.15) is 0 Å². The van der Waals surface area contributed by atoms with Gasteiger partial charge in [-0.3, -0.25) is 4.79 Å². The molecule has 0 heterocycles. The molecule has 3 heteroatoms. The van der Waals surface area contributed by atoms with Crippen LogP contribution in [0.15, 0.2) is 54.6 Å². The topological polar surface area (TPSA) is 20.3 Å². The molecule has 0 unspecified atom stereocenters. The molecule has 0 saturated carbocycles. The van der Waals surface area contributed by atoms with Gasteiger partial charge in [0, 0.05) is 25.0 Å². The zero-order chi connectivity index (χ0) is 14.4. The Labute approximate surface area is 125 Å². The molecule has 0 aliphatic carbocycles. The monoisotopic (exact) mass is 287 g/mol. The van der Waals surface area contributed by atoms with E-state index in [9.17, 15) is 4.79 Å². The van der Waals surface area contributed by atoms with Gasteiger partial charge in [-0.05, 0) is 29.7 Å². The molecular weight excluding hydrogens is 270 g/mol. The quantitative estimate of drug-likeness (QED) is 0.816. The van der Waals surface area contributed by atoms with E-state index in [0.717, 1.165) is 17.5 Å². The Balaban J connectivity index is 1.85. The van der Waals surface area contributed by atoms with E-state index in [1.165, 1.54) is 0 Å². The largest absolute Gasteiger partial charge is 0.341 e. The molecule has 0 saturated heterocycles. The molecule has 0 fully saturated rings. The second-order valence-corrected chi connectivity index (χ2v) is 5.30. The Morgan fingerprint density at radius 2 is 1.75 bits per heavy atom. The zero-order valence-electron chi connectivity index (χ0n) is 11.6. The highest BCUT2D eigenvalue weighted by Gasteiger charge is 2.09. The lowest BCUT2D eigenvalue weighted by molar-refractivity contribution is -0.130. The minimum absolute atomic E-state index is 0.147. The second kappa shape index (κ2) is 7.11. The lowest BCUT2D eigenvalue weighted by Gasteiger charge is -2.17. The molecule has 2 rings (SSSR count). The summed E-state index contributed by atoms with van der Waals surface area (Å²) in [6.45, 7) is 0.648. The van der Waals surface area contributed by atoms with Crippen molar-refractivity contribution in [3.8, 4) is 0 Å². The first kappa shape index (κ1) is 14.6. The van der Waals surface area contributed by atoms with Crippen molar-refractivity contribution in [1.29, 1.82) is 0 Å². The van der Waals surface area contributed by atoms with Crippen LogP contribution in [-0.2, 0) is 17.8 Å². The first-order chi connectivity index (χ1) is 9.65. The number of hydrogen-bond acceptors (Lipinski definition) is 1. The summed E-state index contributed by atoms with van der Waals surface area (Å²) in [7, 11) is 1.84. The van der Waals surface area contributed by atoms with E-state index in [1.54, 1.807) is 4.90 Å². The maximum atomic E-state index is 12.1. The van der Waals surface area contributed by atoms with Crippen molar-refractivity contribution in [2.75, 3.05) is 7.05 Å². The molecule has 2 nitrogen and oxygen atoms in total. The fraction of sp³-hybridized carbons (Fsp3) is 0.235. The average Bonchev–Trinajstić information content (AvgIpc) is 2.46. The fourth-order valence-electron chi connectivity index (χ4n) is 2.08. The lowest BCUT2D eigenvalue weighted by Crippen LogP contribution is -2.26. The fourth-order valence-corrected chi connectivity index (χ4v) is 2.29. The summed E-state index contributed by atoms with van der Waals surface area (Å²) in [6.07, 6.45) is 1.22. The molecule has 1 amide bonds. The maximum absolute atomic E-state index is 12.1. The van der Waals surface area contributed by atoms with Gasteiger partial charge in [0.25, 0.3) is 0 Å². The van der Waals surface area contributed by atoms with E-state index in [1.807, 2.05) is 61.6 Å². The van der Waals surface area contributed by atoms with Gasteiger partial charge < -0.3 is 4.90 Å². The highest BCUT2D eigenvalue weighted by molar-refractivity contribution is 6.30. The third-order valence-corrected chi connectivity index (χ3v) is 3.44. The van der Waals surface area contributed by atoms with E-state index >= 15 is 0 Å². The van der Waals surface area contributed by atoms with Crippen molar-refractivity contribution < 1.29 is 4.79 Å². The Morgan fingerprint density at radius 1 is 1.05 bits per heavy atom. The minimum atomic E-state index is 0.147. The summed E-state index contributed by atoms with van der Waals surface area (Å²) in [6, 6.07) is 17.7. The summed E-state index contributed by atoms with van der Waals surface area (Å²) < 4.78 is 0. The molecule has 0 aromatic heterocycles. The Bertz CT molecular complexity index is 568. The molecule has 0 aliphatic rings. The van der Waals surface area contributed by atoms with Gasteiger partial charge >= 0.3 is 0 Å². The van der Waals surface area contributed by atoms with Crippen LogP contribution in [0.25, 0.3) is 0 Å². The van der Waals surface area contributed by atoms with Crippen LogP contribution in [0.1, 0.15) is 17.5 Å². The van der Waals surface area contributed by atoms with Gasteiger partial charge in [-0.15, -0.1) is 0 Å². The summed E-state index contributed by atoms with van der Waals surface area (Å²) in [5, 5.41) is 0.715. The summed E-state index contributed by atoms with van der Waals surface area (Å²) in [5.41, 5.74) is 2.24. The van der Waals surface area contributed by atoms with Crippen LogP contribution >= 0.6 is 11.6 Å². The average molecular weight is 288 g/mol. The smallest absolute Gasteiger partial charge is 0.222 e.